The predicted molar refractivity (Wildman–Crippen MR) is 128 cm³/mol. The number of hydrogen-bond donors (Lipinski definition) is 1. The molecular formula is C25H20BrNO3S. The average Bonchev–Trinajstić information content (AvgIpc) is 3.21. The van der Waals surface area contributed by atoms with Gasteiger partial charge in [0.1, 0.15) is 6.04 Å². The van der Waals surface area contributed by atoms with Crippen molar-refractivity contribution < 1.29 is 14.7 Å². The molecule has 2 atom stereocenters. The van der Waals surface area contributed by atoms with Crippen molar-refractivity contribution in [2.75, 3.05) is 5.75 Å². The summed E-state index contributed by atoms with van der Waals surface area (Å²) < 4.78 is 0.985. The summed E-state index contributed by atoms with van der Waals surface area (Å²) in [6.45, 7) is 0. The van der Waals surface area contributed by atoms with Crippen molar-refractivity contribution in [1.29, 1.82) is 0 Å². The van der Waals surface area contributed by atoms with E-state index < -0.39 is 12.0 Å². The van der Waals surface area contributed by atoms with Crippen LogP contribution in [0.4, 0.5) is 0 Å². The second-order valence-corrected chi connectivity index (χ2v) is 9.82. The molecule has 1 fully saturated rings. The zero-order valence-corrected chi connectivity index (χ0v) is 19.0. The fourth-order valence-corrected chi connectivity index (χ4v) is 6.28. The van der Waals surface area contributed by atoms with Gasteiger partial charge in [0.25, 0.3) is 0 Å². The first-order valence-corrected chi connectivity index (χ1v) is 11.9. The van der Waals surface area contributed by atoms with E-state index >= 15 is 0 Å². The number of allylic oxidation sites excluding steroid dienone is 1. The molecule has 6 heteroatoms. The minimum Gasteiger partial charge on any atom is -0.480 e. The molecule has 0 aliphatic carbocycles. The van der Waals surface area contributed by atoms with E-state index in [-0.39, 0.29) is 11.8 Å². The van der Waals surface area contributed by atoms with Crippen molar-refractivity contribution >= 4 is 55.9 Å². The van der Waals surface area contributed by atoms with Gasteiger partial charge in [-0.15, -0.1) is 11.8 Å². The number of carbonyl (C=O) groups excluding carboxylic acids is 1. The highest BCUT2D eigenvalue weighted by Crippen LogP contribution is 2.47. The average molecular weight is 494 g/mol. The topological polar surface area (TPSA) is 57.6 Å². The SMILES string of the molecule is O=C(O)C1CSC2=C(c3ccc(Br)cc3)C(Cc3cccc4ccccc34)CC(=O)N21. The van der Waals surface area contributed by atoms with Gasteiger partial charge >= 0.3 is 5.97 Å². The van der Waals surface area contributed by atoms with Crippen LogP contribution >= 0.6 is 27.7 Å². The van der Waals surface area contributed by atoms with Crippen molar-refractivity contribution in [3.8, 4) is 0 Å². The number of halogens is 1. The molecule has 4 nitrogen and oxygen atoms in total. The number of thioether (sulfide) groups is 1. The molecule has 1 amide bonds. The zero-order chi connectivity index (χ0) is 21.5. The Morgan fingerprint density at radius 1 is 1.06 bits per heavy atom. The number of fused-ring (bicyclic) bond motifs is 2. The van der Waals surface area contributed by atoms with Crippen molar-refractivity contribution in [1.82, 2.24) is 4.90 Å². The first-order valence-electron chi connectivity index (χ1n) is 10.2. The Balaban J connectivity index is 1.63. The third-order valence-corrected chi connectivity index (χ3v) is 7.72. The molecule has 0 spiro atoms. The highest BCUT2D eigenvalue weighted by Gasteiger charge is 2.45. The lowest BCUT2D eigenvalue weighted by molar-refractivity contribution is -0.147. The molecule has 3 aromatic carbocycles. The van der Waals surface area contributed by atoms with E-state index in [9.17, 15) is 14.7 Å². The largest absolute Gasteiger partial charge is 0.480 e. The van der Waals surface area contributed by atoms with Crippen molar-refractivity contribution in [2.24, 2.45) is 5.92 Å². The van der Waals surface area contributed by atoms with Crippen molar-refractivity contribution in [3.63, 3.8) is 0 Å². The smallest absolute Gasteiger partial charge is 0.327 e. The molecule has 3 aromatic rings. The zero-order valence-electron chi connectivity index (χ0n) is 16.6. The lowest BCUT2D eigenvalue weighted by Crippen LogP contribution is -2.44. The quantitative estimate of drug-likeness (QED) is 0.516. The van der Waals surface area contributed by atoms with Crippen LogP contribution in [0.3, 0.4) is 0 Å². The van der Waals surface area contributed by atoms with E-state index in [0.717, 1.165) is 27.1 Å². The monoisotopic (exact) mass is 493 g/mol. The van der Waals surface area contributed by atoms with Gasteiger partial charge in [0, 0.05) is 16.6 Å². The van der Waals surface area contributed by atoms with E-state index in [4.69, 9.17) is 0 Å². The second-order valence-electron chi connectivity index (χ2n) is 7.90. The summed E-state index contributed by atoms with van der Waals surface area (Å²) in [7, 11) is 0. The van der Waals surface area contributed by atoms with Crippen LogP contribution in [0.15, 0.2) is 76.2 Å². The number of carbonyl (C=O) groups is 2. The van der Waals surface area contributed by atoms with Gasteiger partial charge in [-0.05, 0) is 51.9 Å². The van der Waals surface area contributed by atoms with Crippen LogP contribution in [0.2, 0.25) is 0 Å². The minimum absolute atomic E-state index is 0.00854. The minimum atomic E-state index is -0.946. The Morgan fingerprint density at radius 3 is 2.58 bits per heavy atom. The fraction of sp³-hybridized carbons (Fsp3) is 0.200. The summed E-state index contributed by atoms with van der Waals surface area (Å²) in [6.07, 6.45) is 1.04. The van der Waals surface area contributed by atoms with E-state index in [2.05, 4.69) is 46.3 Å². The van der Waals surface area contributed by atoms with Gasteiger partial charge in [0.05, 0.1) is 5.03 Å². The van der Waals surface area contributed by atoms with Crippen LogP contribution in [0.25, 0.3) is 16.3 Å². The first kappa shape index (κ1) is 20.3. The Bertz CT molecular complexity index is 1220. The number of nitrogens with zero attached hydrogens (tertiary/aromatic N) is 1. The predicted octanol–water partition coefficient (Wildman–Crippen LogP) is 5.56. The molecule has 2 aliphatic rings. The Morgan fingerprint density at radius 2 is 1.81 bits per heavy atom. The molecule has 0 aromatic heterocycles. The number of carboxylic acids is 1. The van der Waals surface area contributed by atoms with Gasteiger partial charge in [-0.25, -0.2) is 4.79 Å². The molecule has 0 bridgehead atoms. The summed E-state index contributed by atoms with van der Waals surface area (Å²) in [5, 5.41) is 12.8. The molecule has 0 radical (unpaired) electrons. The van der Waals surface area contributed by atoms with Crippen LogP contribution in [-0.4, -0.2) is 33.7 Å². The molecule has 1 saturated heterocycles. The highest BCUT2D eigenvalue weighted by molar-refractivity contribution is 9.10. The second kappa shape index (κ2) is 8.17. The van der Waals surface area contributed by atoms with E-state index in [0.29, 0.717) is 12.2 Å². The molecule has 0 saturated carbocycles. The summed E-state index contributed by atoms with van der Waals surface area (Å²) >= 11 is 4.98. The van der Waals surface area contributed by atoms with Crippen LogP contribution in [0, 0.1) is 5.92 Å². The lowest BCUT2D eigenvalue weighted by Gasteiger charge is -2.34. The molecule has 2 aliphatic heterocycles. The molecule has 31 heavy (non-hydrogen) atoms. The van der Waals surface area contributed by atoms with E-state index in [1.165, 1.54) is 33.0 Å². The first-order chi connectivity index (χ1) is 15.0. The van der Waals surface area contributed by atoms with Gasteiger partial charge < -0.3 is 5.11 Å². The number of hydrogen-bond acceptors (Lipinski definition) is 3. The Kier molecular flexibility index (Phi) is 5.36. The van der Waals surface area contributed by atoms with Crippen LogP contribution in [0.5, 0.6) is 0 Å². The van der Waals surface area contributed by atoms with Gasteiger partial charge in [-0.2, -0.15) is 0 Å². The van der Waals surface area contributed by atoms with E-state index in [1.54, 1.807) is 0 Å². The Labute approximate surface area is 193 Å². The molecule has 156 valence electrons. The molecular weight excluding hydrogens is 474 g/mol. The van der Waals surface area contributed by atoms with E-state index in [1.807, 2.05) is 36.4 Å². The Hall–Kier alpha value is -2.57. The molecule has 5 rings (SSSR count). The van der Waals surface area contributed by atoms with Crippen LogP contribution < -0.4 is 0 Å². The van der Waals surface area contributed by atoms with Crippen molar-refractivity contribution in [2.45, 2.75) is 18.9 Å². The third-order valence-electron chi connectivity index (χ3n) is 6.02. The van der Waals surface area contributed by atoms with Gasteiger partial charge in [0.15, 0.2) is 0 Å². The molecule has 2 unspecified atom stereocenters. The van der Waals surface area contributed by atoms with Crippen LogP contribution in [0.1, 0.15) is 17.5 Å². The number of rotatable bonds is 4. The summed E-state index contributed by atoms with van der Waals surface area (Å²) in [4.78, 5) is 26.4. The maximum absolute atomic E-state index is 13.1. The van der Waals surface area contributed by atoms with Gasteiger partial charge in [-0.3, -0.25) is 9.69 Å². The third kappa shape index (κ3) is 3.68. The number of amides is 1. The van der Waals surface area contributed by atoms with Crippen LogP contribution in [-0.2, 0) is 16.0 Å². The number of benzene rings is 3. The lowest BCUT2D eigenvalue weighted by atomic mass is 9.82. The summed E-state index contributed by atoms with van der Waals surface area (Å²) in [5.41, 5.74) is 3.32. The van der Waals surface area contributed by atoms with Gasteiger partial charge in [-0.1, -0.05) is 70.5 Å². The normalized spacial score (nSPS) is 20.9. The fourth-order valence-electron chi connectivity index (χ4n) is 4.60. The number of aliphatic carboxylic acids is 1. The molecule has 2 heterocycles. The summed E-state index contributed by atoms with van der Waals surface area (Å²) in [5.74, 6) is -0.667. The number of carboxylic acid groups (broad SMARTS) is 1. The van der Waals surface area contributed by atoms with Gasteiger partial charge in [0.2, 0.25) is 5.91 Å². The summed E-state index contributed by atoms with van der Waals surface area (Å²) in [6, 6.07) is 21.9. The maximum Gasteiger partial charge on any atom is 0.327 e. The molecule has 1 N–H and O–H groups in total. The highest BCUT2D eigenvalue weighted by atomic mass is 79.9. The standard InChI is InChI=1S/C25H20BrNO3S/c26-19-10-8-16(9-11-19)23-18(12-17-6-3-5-15-4-1-2-7-20(15)17)13-22(28)27-21(25(29)30)14-31-24(23)27/h1-11,18,21H,12-14H2,(H,29,30). The van der Waals surface area contributed by atoms with Crippen molar-refractivity contribution in [3.05, 3.63) is 87.4 Å². The maximum atomic E-state index is 13.1.